The predicted molar refractivity (Wildman–Crippen MR) is 60.4 cm³/mol. The van der Waals surface area contributed by atoms with E-state index in [2.05, 4.69) is 19.2 Å². The van der Waals surface area contributed by atoms with Crippen LogP contribution in [-0.2, 0) is 0 Å². The minimum absolute atomic E-state index is 0.123. The van der Waals surface area contributed by atoms with E-state index < -0.39 is 0 Å². The molecular weight excluding hydrogens is 189 g/mol. The normalized spacial score (nSPS) is 30.7. The van der Waals surface area contributed by atoms with E-state index >= 15 is 0 Å². The third kappa shape index (κ3) is 2.20. The highest BCUT2D eigenvalue weighted by Gasteiger charge is 2.31. The zero-order chi connectivity index (χ0) is 10.8. The van der Waals surface area contributed by atoms with Crippen molar-refractivity contribution in [2.24, 2.45) is 0 Å². The second-order valence-corrected chi connectivity index (χ2v) is 4.48. The van der Waals surface area contributed by atoms with Gasteiger partial charge in [0.05, 0.1) is 0 Å². The lowest BCUT2D eigenvalue weighted by Gasteiger charge is -2.18. The summed E-state index contributed by atoms with van der Waals surface area (Å²) in [5, 5.41) is 3.55. The van der Waals surface area contributed by atoms with Gasteiger partial charge in [-0.2, -0.15) is 0 Å². The van der Waals surface area contributed by atoms with E-state index in [1.54, 1.807) is 12.1 Å². The maximum Gasteiger partial charge on any atom is 0.123 e. The van der Waals surface area contributed by atoms with Crippen LogP contribution in [0.25, 0.3) is 0 Å². The Morgan fingerprint density at radius 1 is 1.47 bits per heavy atom. The summed E-state index contributed by atoms with van der Waals surface area (Å²) in [7, 11) is 0. The lowest BCUT2D eigenvalue weighted by molar-refractivity contribution is 0.515. The third-order valence-electron chi connectivity index (χ3n) is 3.31. The summed E-state index contributed by atoms with van der Waals surface area (Å²) < 4.78 is 13.1. The van der Waals surface area contributed by atoms with Crippen LogP contribution in [0.5, 0.6) is 0 Å². The van der Waals surface area contributed by atoms with Gasteiger partial charge in [-0.3, -0.25) is 0 Å². The molecule has 0 spiro atoms. The summed E-state index contributed by atoms with van der Waals surface area (Å²) in [5.41, 5.74) is 1.14. The molecule has 82 valence electrons. The maximum absolute atomic E-state index is 13.1. The van der Waals surface area contributed by atoms with Gasteiger partial charge in [-0.15, -0.1) is 0 Å². The summed E-state index contributed by atoms with van der Waals surface area (Å²) in [6.07, 6.45) is 2.22. The van der Waals surface area contributed by atoms with Crippen LogP contribution < -0.4 is 5.32 Å². The van der Waals surface area contributed by atoms with Gasteiger partial charge in [-0.05, 0) is 37.5 Å². The average molecular weight is 207 g/mol. The molecule has 1 saturated heterocycles. The molecule has 1 fully saturated rings. The minimum atomic E-state index is -0.123. The second kappa shape index (κ2) is 4.31. The summed E-state index contributed by atoms with van der Waals surface area (Å²) >= 11 is 0. The van der Waals surface area contributed by atoms with Crippen LogP contribution in [-0.4, -0.2) is 12.1 Å². The Morgan fingerprint density at radius 3 is 2.93 bits per heavy atom. The Bertz CT molecular complexity index is 337. The Kier molecular flexibility index (Phi) is 3.06. The zero-order valence-corrected chi connectivity index (χ0v) is 9.33. The smallest absolute Gasteiger partial charge is 0.123 e. The van der Waals surface area contributed by atoms with Crippen molar-refractivity contribution in [3.05, 3.63) is 35.6 Å². The van der Waals surface area contributed by atoms with Crippen LogP contribution in [0.3, 0.4) is 0 Å². The van der Waals surface area contributed by atoms with Gasteiger partial charge in [-0.25, -0.2) is 4.39 Å². The standard InChI is InChI=1S/C13H18FN/c1-3-13-12(7-9(2)15-13)10-5-4-6-11(14)8-10/h4-6,8-9,12-13,15H,3,7H2,1-2H3. The first-order chi connectivity index (χ1) is 7.20. The van der Waals surface area contributed by atoms with Gasteiger partial charge in [0.2, 0.25) is 0 Å². The predicted octanol–water partition coefficient (Wildman–Crippen LogP) is 3.07. The van der Waals surface area contributed by atoms with Gasteiger partial charge in [0.1, 0.15) is 5.82 Å². The monoisotopic (exact) mass is 207 g/mol. The molecule has 3 atom stereocenters. The molecule has 0 saturated carbocycles. The number of hydrogen-bond acceptors (Lipinski definition) is 1. The molecule has 3 unspecified atom stereocenters. The molecule has 0 radical (unpaired) electrons. The van der Waals surface area contributed by atoms with Gasteiger partial charge in [0, 0.05) is 18.0 Å². The highest BCUT2D eigenvalue weighted by molar-refractivity contribution is 5.24. The molecule has 1 aromatic rings. The van der Waals surface area contributed by atoms with Gasteiger partial charge in [0.15, 0.2) is 0 Å². The highest BCUT2D eigenvalue weighted by Crippen LogP contribution is 2.32. The van der Waals surface area contributed by atoms with Crippen molar-refractivity contribution >= 4 is 0 Å². The van der Waals surface area contributed by atoms with Crippen molar-refractivity contribution in [2.45, 2.75) is 44.7 Å². The average Bonchev–Trinajstić information content (AvgIpc) is 2.59. The largest absolute Gasteiger partial charge is 0.311 e. The first kappa shape index (κ1) is 10.6. The molecule has 0 aromatic heterocycles. The third-order valence-corrected chi connectivity index (χ3v) is 3.31. The summed E-state index contributed by atoms with van der Waals surface area (Å²) in [4.78, 5) is 0. The lowest BCUT2D eigenvalue weighted by atomic mass is 9.90. The topological polar surface area (TPSA) is 12.0 Å². The van der Waals surface area contributed by atoms with Gasteiger partial charge >= 0.3 is 0 Å². The number of halogens is 1. The molecule has 1 aromatic carbocycles. The van der Waals surface area contributed by atoms with E-state index in [-0.39, 0.29) is 5.82 Å². The first-order valence-corrected chi connectivity index (χ1v) is 5.72. The Morgan fingerprint density at radius 2 is 2.27 bits per heavy atom. The van der Waals surface area contributed by atoms with Crippen LogP contribution in [0.1, 0.15) is 38.2 Å². The number of rotatable bonds is 2. The minimum Gasteiger partial charge on any atom is -0.311 e. The second-order valence-electron chi connectivity index (χ2n) is 4.48. The fourth-order valence-corrected chi connectivity index (χ4v) is 2.60. The first-order valence-electron chi connectivity index (χ1n) is 5.72. The molecular formula is C13H18FN. The van der Waals surface area contributed by atoms with E-state index in [1.165, 1.54) is 6.07 Å². The van der Waals surface area contributed by atoms with Gasteiger partial charge in [0.25, 0.3) is 0 Å². The van der Waals surface area contributed by atoms with Crippen molar-refractivity contribution in [2.75, 3.05) is 0 Å². The maximum atomic E-state index is 13.1. The number of hydrogen-bond donors (Lipinski definition) is 1. The van der Waals surface area contributed by atoms with E-state index in [9.17, 15) is 4.39 Å². The Balaban J connectivity index is 2.22. The molecule has 1 aliphatic rings. The highest BCUT2D eigenvalue weighted by atomic mass is 19.1. The summed E-state index contributed by atoms with van der Waals surface area (Å²) in [6.45, 7) is 4.38. The lowest BCUT2D eigenvalue weighted by Crippen LogP contribution is -2.28. The van der Waals surface area contributed by atoms with Crippen LogP contribution in [0.2, 0.25) is 0 Å². The van der Waals surface area contributed by atoms with Crippen LogP contribution >= 0.6 is 0 Å². The molecule has 0 amide bonds. The van der Waals surface area contributed by atoms with Crippen LogP contribution in [0, 0.1) is 5.82 Å². The van der Waals surface area contributed by atoms with E-state index in [1.807, 2.05) is 6.07 Å². The fourth-order valence-electron chi connectivity index (χ4n) is 2.60. The van der Waals surface area contributed by atoms with Crippen molar-refractivity contribution in [3.63, 3.8) is 0 Å². The Hall–Kier alpha value is -0.890. The van der Waals surface area contributed by atoms with Gasteiger partial charge in [-0.1, -0.05) is 19.1 Å². The van der Waals surface area contributed by atoms with Crippen molar-refractivity contribution in [1.82, 2.24) is 5.32 Å². The molecule has 1 N–H and O–H groups in total. The molecule has 0 bridgehead atoms. The molecule has 1 nitrogen and oxygen atoms in total. The van der Waals surface area contributed by atoms with E-state index in [0.29, 0.717) is 18.0 Å². The molecule has 1 aliphatic heterocycles. The molecule has 15 heavy (non-hydrogen) atoms. The van der Waals surface area contributed by atoms with Crippen molar-refractivity contribution < 1.29 is 4.39 Å². The number of nitrogens with one attached hydrogen (secondary N) is 1. The summed E-state index contributed by atoms with van der Waals surface area (Å²) in [6, 6.07) is 8.07. The zero-order valence-electron chi connectivity index (χ0n) is 9.33. The van der Waals surface area contributed by atoms with E-state index in [4.69, 9.17) is 0 Å². The molecule has 2 heteroatoms. The Labute approximate surface area is 90.7 Å². The molecule has 2 rings (SSSR count). The quantitative estimate of drug-likeness (QED) is 0.786. The number of benzene rings is 1. The molecule has 0 aliphatic carbocycles. The SMILES string of the molecule is CCC1NC(C)CC1c1cccc(F)c1. The van der Waals surface area contributed by atoms with Crippen molar-refractivity contribution in [1.29, 1.82) is 0 Å². The van der Waals surface area contributed by atoms with E-state index in [0.717, 1.165) is 18.4 Å². The van der Waals surface area contributed by atoms with Crippen LogP contribution in [0.4, 0.5) is 4.39 Å². The van der Waals surface area contributed by atoms with Crippen molar-refractivity contribution in [3.8, 4) is 0 Å². The summed E-state index contributed by atoms with van der Waals surface area (Å²) in [5.74, 6) is 0.350. The van der Waals surface area contributed by atoms with Gasteiger partial charge < -0.3 is 5.32 Å². The van der Waals surface area contributed by atoms with Crippen LogP contribution in [0.15, 0.2) is 24.3 Å². The fraction of sp³-hybridized carbons (Fsp3) is 0.538. The molecule has 1 heterocycles.